The molecule has 1 aliphatic rings. The van der Waals surface area contributed by atoms with Crippen molar-refractivity contribution in [2.75, 3.05) is 10.8 Å². The zero-order valence-electron chi connectivity index (χ0n) is 29.8. The molecule has 0 fully saturated rings. The Kier molecular flexibility index (Phi) is 8.68. The lowest BCUT2D eigenvalue weighted by molar-refractivity contribution is 0.533. The van der Waals surface area contributed by atoms with Crippen molar-refractivity contribution in [3.05, 3.63) is 88.0 Å². The Bertz CT molecular complexity index is 1360. The molecule has 4 rings (SSSR count). The van der Waals surface area contributed by atoms with E-state index in [1.165, 1.54) is 55.1 Å². The number of benzene rings is 3. The van der Waals surface area contributed by atoms with Crippen LogP contribution in [0.25, 0.3) is 22.3 Å². The Balaban J connectivity index is 2.10. The molecule has 1 nitrogen and oxygen atoms in total. The normalized spacial score (nSPS) is 15.2. The summed E-state index contributed by atoms with van der Waals surface area (Å²) in [4.78, 5) is 3.96. The molecule has 3 aromatic carbocycles. The molecule has 0 radical (unpaired) electrons. The van der Waals surface area contributed by atoms with Gasteiger partial charge in [-0.1, -0.05) is 158 Å². The van der Waals surface area contributed by atoms with Gasteiger partial charge >= 0.3 is 0 Å². The number of thioether (sulfide) groups is 1. The maximum absolute atomic E-state index is 2.52. The summed E-state index contributed by atoms with van der Waals surface area (Å²) >= 11 is 1.98. The highest BCUT2D eigenvalue weighted by molar-refractivity contribution is 8.03. The SMILES string of the molecule is CC(C)(C)C1=CN(c2c(-c3cc(C(C)(C)C)cc(C(C)(C)C)c3)cccc2-c2cc(C(C)(C)C)cc(C(C)(C)C)c2)CS1. The van der Waals surface area contributed by atoms with E-state index in [0.717, 1.165) is 5.88 Å². The van der Waals surface area contributed by atoms with Gasteiger partial charge in [-0.05, 0) is 60.5 Å². The molecule has 2 heteroatoms. The van der Waals surface area contributed by atoms with Gasteiger partial charge < -0.3 is 4.90 Å². The van der Waals surface area contributed by atoms with Gasteiger partial charge in [0.25, 0.3) is 0 Å². The number of nitrogens with zero attached hydrogens (tertiary/aromatic N) is 1. The quantitative estimate of drug-likeness (QED) is 0.296. The lowest BCUT2D eigenvalue weighted by Crippen LogP contribution is -2.18. The van der Waals surface area contributed by atoms with Crippen LogP contribution in [0, 0.1) is 5.41 Å². The Hall–Kier alpha value is -2.45. The molecule has 0 saturated carbocycles. The van der Waals surface area contributed by atoms with Gasteiger partial charge in [-0.2, -0.15) is 0 Å². The Labute approximate surface area is 268 Å². The predicted octanol–water partition coefficient (Wildman–Crippen LogP) is 12.6. The number of anilines is 1. The molecule has 0 aliphatic carbocycles. The van der Waals surface area contributed by atoms with Crippen LogP contribution >= 0.6 is 11.8 Å². The lowest BCUT2D eigenvalue weighted by Gasteiger charge is -2.29. The maximum Gasteiger partial charge on any atom is 0.0727 e. The monoisotopic (exact) mass is 595 g/mol. The third-order valence-corrected chi connectivity index (χ3v) is 10.1. The van der Waals surface area contributed by atoms with Crippen LogP contribution in [0.5, 0.6) is 0 Å². The fourth-order valence-electron chi connectivity index (χ4n) is 5.51. The number of rotatable bonds is 3. The maximum atomic E-state index is 2.52. The van der Waals surface area contributed by atoms with Crippen molar-refractivity contribution in [3.8, 4) is 22.3 Å². The minimum Gasteiger partial charge on any atom is -0.336 e. The molecule has 0 saturated heterocycles. The molecule has 0 aromatic heterocycles. The molecule has 1 heterocycles. The van der Waals surface area contributed by atoms with Crippen LogP contribution < -0.4 is 4.90 Å². The average Bonchev–Trinajstić information content (AvgIpc) is 3.36. The Morgan fingerprint density at radius 3 is 1.12 bits per heavy atom. The molecule has 43 heavy (non-hydrogen) atoms. The molecule has 0 bridgehead atoms. The molecule has 0 atom stereocenters. The van der Waals surface area contributed by atoms with Crippen LogP contribution in [0.3, 0.4) is 0 Å². The zero-order chi connectivity index (χ0) is 32.3. The van der Waals surface area contributed by atoms with Crippen molar-refractivity contribution in [1.82, 2.24) is 0 Å². The second-order valence-corrected chi connectivity index (χ2v) is 18.8. The van der Waals surface area contributed by atoms with Crippen LogP contribution in [0.1, 0.15) is 126 Å². The molecule has 3 aromatic rings. The largest absolute Gasteiger partial charge is 0.336 e. The van der Waals surface area contributed by atoms with E-state index < -0.39 is 0 Å². The van der Waals surface area contributed by atoms with Crippen LogP contribution in [0.4, 0.5) is 5.69 Å². The molecule has 232 valence electrons. The van der Waals surface area contributed by atoms with Crippen LogP contribution in [-0.4, -0.2) is 5.88 Å². The molecular formula is C41H57NS. The molecule has 0 amide bonds. The van der Waals surface area contributed by atoms with Gasteiger partial charge in [0, 0.05) is 22.2 Å². The van der Waals surface area contributed by atoms with Gasteiger partial charge in [-0.25, -0.2) is 0 Å². The summed E-state index contributed by atoms with van der Waals surface area (Å²) in [7, 11) is 0. The van der Waals surface area contributed by atoms with Crippen molar-refractivity contribution in [2.45, 2.75) is 126 Å². The van der Waals surface area contributed by atoms with Crippen molar-refractivity contribution < 1.29 is 0 Å². The second-order valence-electron chi connectivity index (χ2n) is 17.8. The van der Waals surface area contributed by atoms with E-state index in [9.17, 15) is 0 Å². The van der Waals surface area contributed by atoms with E-state index in [-0.39, 0.29) is 27.1 Å². The first-order valence-electron chi connectivity index (χ1n) is 16.0. The molecule has 0 spiro atoms. The minimum absolute atomic E-state index is 0.0548. The fraction of sp³-hybridized carbons (Fsp3) is 0.512. The molecule has 0 N–H and O–H groups in total. The first-order valence-corrected chi connectivity index (χ1v) is 17.0. The smallest absolute Gasteiger partial charge is 0.0727 e. The Morgan fingerprint density at radius 1 is 0.488 bits per heavy atom. The predicted molar refractivity (Wildman–Crippen MR) is 195 cm³/mol. The van der Waals surface area contributed by atoms with Crippen LogP contribution in [-0.2, 0) is 21.7 Å². The number of allylic oxidation sites excluding steroid dienone is 1. The van der Waals surface area contributed by atoms with Gasteiger partial charge in [0.1, 0.15) is 0 Å². The van der Waals surface area contributed by atoms with Crippen molar-refractivity contribution in [2.24, 2.45) is 5.41 Å². The van der Waals surface area contributed by atoms with Gasteiger partial charge in [-0.3, -0.25) is 0 Å². The van der Waals surface area contributed by atoms with Crippen molar-refractivity contribution in [3.63, 3.8) is 0 Å². The fourth-order valence-corrected chi connectivity index (χ4v) is 6.63. The van der Waals surface area contributed by atoms with Crippen LogP contribution in [0.15, 0.2) is 65.7 Å². The van der Waals surface area contributed by atoms with E-state index in [1.54, 1.807) is 0 Å². The summed E-state index contributed by atoms with van der Waals surface area (Å²) in [5, 5.41) is 0. The topological polar surface area (TPSA) is 3.24 Å². The van der Waals surface area contributed by atoms with Gasteiger partial charge in [-0.15, -0.1) is 11.8 Å². The van der Waals surface area contributed by atoms with E-state index in [0.29, 0.717) is 0 Å². The summed E-state index contributed by atoms with van der Waals surface area (Å²) in [6.07, 6.45) is 2.42. The van der Waals surface area contributed by atoms with Crippen molar-refractivity contribution in [1.29, 1.82) is 0 Å². The van der Waals surface area contributed by atoms with Gasteiger partial charge in [0.05, 0.1) is 11.6 Å². The summed E-state index contributed by atoms with van der Waals surface area (Å²) in [6.45, 7) is 34.9. The number of hydrogen-bond donors (Lipinski definition) is 0. The highest BCUT2D eigenvalue weighted by Gasteiger charge is 2.30. The highest BCUT2D eigenvalue weighted by atomic mass is 32.2. The summed E-state index contributed by atoms with van der Waals surface area (Å²) in [5.41, 5.74) is 12.4. The summed E-state index contributed by atoms with van der Waals surface area (Å²) < 4.78 is 0. The van der Waals surface area contributed by atoms with E-state index in [4.69, 9.17) is 0 Å². The molecular weight excluding hydrogens is 539 g/mol. The van der Waals surface area contributed by atoms with E-state index >= 15 is 0 Å². The minimum atomic E-state index is 0.0548. The Morgan fingerprint density at radius 2 is 0.837 bits per heavy atom. The van der Waals surface area contributed by atoms with E-state index in [2.05, 4.69) is 170 Å². The third-order valence-electron chi connectivity index (χ3n) is 8.65. The number of hydrogen-bond acceptors (Lipinski definition) is 2. The second kappa shape index (κ2) is 11.2. The van der Waals surface area contributed by atoms with Crippen molar-refractivity contribution >= 4 is 17.4 Å². The zero-order valence-corrected chi connectivity index (χ0v) is 30.7. The summed E-state index contributed by atoms with van der Waals surface area (Å²) in [6, 6.07) is 21.6. The first kappa shape index (κ1) is 33.4. The standard InChI is InChI=1S/C41H57NS/c1-37(2,3)29-19-27(20-30(23-29)38(4,5)6)33-17-16-18-34(36(33)42-25-35(43-26-42)41(13,14)15)28-21-31(39(7,8)9)24-32(22-28)40(10,11)12/h16-25H,26H2,1-15H3. The average molecular weight is 596 g/mol. The number of para-hydroxylation sites is 1. The molecule has 0 unspecified atom stereocenters. The van der Waals surface area contributed by atoms with Gasteiger partial charge in [0.15, 0.2) is 0 Å². The first-order chi connectivity index (χ1) is 19.5. The van der Waals surface area contributed by atoms with Gasteiger partial charge in [0.2, 0.25) is 0 Å². The van der Waals surface area contributed by atoms with E-state index in [1.807, 2.05) is 11.8 Å². The summed E-state index contributed by atoms with van der Waals surface area (Å²) in [5.74, 6) is 0.923. The lowest BCUT2D eigenvalue weighted by atomic mass is 9.77. The third kappa shape index (κ3) is 7.44. The van der Waals surface area contributed by atoms with Crippen LogP contribution in [0.2, 0.25) is 0 Å². The highest BCUT2D eigenvalue weighted by Crippen LogP contribution is 2.48. The molecule has 1 aliphatic heterocycles.